The molecule has 0 spiro atoms. The van der Waals surface area contributed by atoms with Crippen molar-refractivity contribution >= 4 is 11.0 Å². The second-order valence-corrected chi connectivity index (χ2v) is 7.45. The van der Waals surface area contributed by atoms with Crippen LogP contribution in [0, 0.1) is 0 Å². The van der Waals surface area contributed by atoms with Crippen molar-refractivity contribution in [3.8, 4) is 5.69 Å². The summed E-state index contributed by atoms with van der Waals surface area (Å²) >= 11 is 0. The van der Waals surface area contributed by atoms with Crippen LogP contribution in [0.1, 0.15) is 30.1 Å². The molecular weight excluding hydrogens is 332 g/mol. The molecule has 5 rings (SSSR count). The number of piperidine rings is 1. The molecule has 0 unspecified atom stereocenters. The first-order valence-corrected chi connectivity index (χ1v) is 9.74. The fourth-order valence-electron chi connectivity index (χ4n) is 4.07. The van der Waals surface area contributed by atoms with Gasteiger partial charge >= 0.3 is 0 Å². The maximum Gasteiger partial charge on any atom is 0.110 e. The molecule has 0 bridgehead atoms. The molecule has 1 saturated heterocycles. The van der Waals surface area contributed by atoms with Crippen LogP contribution in [0.15, 0.2) is 73.1 Å². The van der Waals surface area contributed by atoms with Crippen molar-refractivity contribution in [1.29, 1.82) is 0 Å². The number of nitrogens with zero attached hydrogens (tertiary/aromatic N) is 3. The van der Waals surface area contributed by atoms with Gasteiger partial charge in [0.1, 0.15) is 5.82 Å². The number of H-pyrrole nitrogens is 1. The molecule has 1 N–H and O–H groups in total. The van der Waals surface area contributed by atoms with Gasteiger partial charge in [0.2, 0.25) is 0 Å². The molecule has 0 radical (unpaired) electrons. The molecular formula is C23H24N4. The lowest BCUT2D eigenvalue weighted by atomic mass is 9.96. The Hall–Kier alpha value is -2.85. The predicted molar refractivity (Wildman–Crippen MR) is 109 cm³/mol. The second-order valence-electron chi connectivity index (χ2n) is 7.45. The molecule has 1 fully saturated rings. The largest absolute Gasteiger partial charge is 0.342 e. The van der Waals surface area contributed by atoms with E-state index >= 15 is 0 Å². The zero-order valence-corrected chi connectivity index (χ0v) is 15.4. The molecule has 2 aromatic heterocycles. The Morgan fingerprint density at radius 1 is 0.889 bits per heavy atom. The van der Waals surface area contributed by atoms with Crippen LogP contribution >= 0.6 is 0 Å². The molecule has 0 saturated carbocycles. The molecule has 136 valence electrons. The summed E-state index contributed by atoms with van der Waals surface area (Å²) in [5.41, 5.74) is 4.83. The van der Waals surface area contributed by atoms with Gasteiger partial charge in [-0.25, -0.2) is 4.98 Å². The van der Waals surface area contributed by atoms with Gasteiger partial charge < -0.3 is 9.55 Å². The van der Waals surface area contributed by atoms with E-state index in [1.54, 1.807) is 0 Å². The monoisotopic (exact) mass is 356 g/mol. The maximum absolute atomic E-state index is 4.80. The molecule has 0 amide bonds. The first-order valence-electron chi connectivity index (χ1n) is 9.74. The summed E-state index contributed by atoms with van der Waals surface area (Å²) in [5.74, 6) is 1.71. The minimum atomic E-state index is 0.546. The van der Waals surface area contributed by atoms with Gasteiger partial charge in [-0.1, -0.05) is 24.3 Å². The predicted octanol–water partition coefficient (Wildman–Crippen LogP) is 4.73. The number of rotatable bonds is 4. The van der Waals surface area contributed by atoms with E-state index in [4.69, 9.17) is 4.98 Å². The van der Waals surface area contributed by atoms with Gasteiger partial charge in [-0.2, -0.15) is 0 Å². The van der Waals surface area contributed by atoms with Crippen molar-refractivity contribution in [2.45, 2.75) is 25.3 Å². The zero-order valence-electron chi connectivity index (χ0n) is 15.4. The summed E-state index contributed by atoms with van der Waals surface area (Å²) in [6.45, 7) is 3.28. The van der Waals surface area contributed by atoms with Crippen molar-refractivity contribution in [3.05, 3.63) is 84.4 Å². The molecule has 4 heteroatoms. The highest BCUT2D eigenvalue weighted by atomic mass is 15.1. The number of hydrogen-bond acceptors (Lipinski definition) is 2. The number of benzene rings is 2. The maximum atomic E-state index is 4.80. The number of hydrogen-bond donors (Lipinski definition) is 1. The SMILES string of the molecule is c1ccc2[nH]c(C3CCN(Cc4ccc(-n5cccc5)cc4)CC3)nc2c1. The lowest BCUT2D eigenvalue weighted by molar-refractivity contribution is 0.202. The Morgan fingerprint density at radius 2 is 1.63 bits per heavy atom. The quantitative estimate of drug-likeness (QED) is 0.574. The molecule has 3 heterocycles. The summed E-state index contributed by atoms with van der Waals surface area (Å²) in [5, 5.41) is 0. The third-order valence-corrected chi connectivity index (χ3v) is 5.63. The van der Waals surface area contributed by atoms with Gasteiger partial charge in [0.25, 0.3) is 0 Å². The first-order chi connectivity index (χ1) is 13.3. The van der Waals surface area contributed by atoms with Gasteiger partial charge in [0.05, 0.1) is 11.0 Å². The minimum absolute atomic E-state index is 0.546. The van der Waals surface area contributed by atoms with E-state index in [1.165, 1.54) is 24.1 Å². The Balaban J connectivity index is 1.20. The third kappa shape index (κ3) is 3.40. The first kappa shape index (κ1) is 16.3. The Morgan fingerprint density at radius 3 is 2.37 bits per heavy atom. The van der Waals surface area contributed by atoms with E-state index in [9.17, 15) is 0 Å². The van der Waals surface area contributed by atoms with Crippen molar-refractivity contribution in [2.75, 3.05) is 13.1 Å². The summed E-state index contributed by atoms with van der Waals surface area (Å²) < 4.78 is 2.14. The normalized spacial score (nSPS) is 16.1. The van der Waals surface area contributed by atoms with Crippen LogP contribution in [0.5, 0.6) is 0 Å². The standard InChI is InChI=1S/C23H24N4/c1-2-6-22-21(5-1)24-23(25-22)19-11-15-26(16-12-19)17-18-7-9-20(10-8-18)27-13-3-4-14-27/h1-10,13-14,19H,11-12,15-17H2,(H,24,25). The minimum Gasteiger partial charge on any atom is -0.342 e. The van der Waals surface area contributed by atoms with Crippen LogP contribution in [-0.4, -0.2) is 32.5 Å². The van der Waals surface area contributed by atoms with E-state index in [0.717, 1.165) is 36.5 Å². The molecule has 2 aromatic carbocycles. The van der Waals surface area contributed by atoms with Crippen LogP contribution in [-0.2, 0) is 6.54 Å². The second kappa shape index (κ2) is 7.05. The number of aromatic amines is 1. The average Bonchev–Trinajstić information content (AvgIpc) is 3.39. The molecule has 0 atom stereocenters. The number of likely N-dealkylation sites (tertiary alicyclic amines) is 1. The number of imidazole rings is 1. The highest BCUT2D eigenvalue weighted by Crippen LogP contribution is 2.28. The van der Waals surface area contributed by atoms with Gasteiger partial charge in [0.15, 0.2) is 0 Å². The van der Waals surface area contributed by atoms with Gasteiger partial charge in [-0.3, -0.25) is 4.90 Å². The van der Waals surface area contributed by atoms with Gasteiger partial charge in [-0.15, -0.1) is 0 Å². The van der Waals surface area contributed by atoms with Gasteiger partial charge in [-0.05, 0) is 67.9 Å². The summed E-state index contributed by atoms with van der Waals surface area (Å²) in [6, 6.07) is 21.3. The van der Waals surface area contributed by atoms with E-state index in [1.807, 2.05) is 0 Å². The molecule has 4 aromatic rings. The average molecular weight is 356 g/mol. The number of nitrogens with one attached hydrogen (secondary N) is 1. The molecule has 1 aliphatic heterocycles. The highest BCUT2D eigenvalue weighted by Gasteiger charge is 2.23. The summed E-state index contributed by atoms with van der Waals surface area (Å²) in [7, 11) is 0. The van der Waals surface area contributed by atoms with Crippen molar-refractivity contribution in [1.82, 2.24) is 19.4 Å². The lowest BCUT2D eigenvalue weighted by Crippen LogP contribution is -2.32. The van der Waals surface area contributed by atoms with Crippen molar-refractivity contribution < 1.29 is 0 Å². The summed E-state index contributed by atoms with van der Waals surface area (Å²) in [4.78, 5) is 10.9. The number of fused-ring (bicyclic) bond motifs is 1. The fraction of sp³-hybridized carbons (Fsp3) is 0.261. The van der Waals surface area contributed by atoms with Crippen molar-refractivity contribution in [3.63, 3.8) is 0 Å². The number of aromatic nitrogens is 3. The van der Waals surface area contributed by atoms with E-state index in [0.29, 0.717) is 5.92 Å². The van der Waals surface area contributed by atoms with Gasteiger partial charge in [0, 0.05) is 30.5 Å². The molecule has 1 aliphatic rings. The van der Waals surface area contributed by atoms with Crippen LogP contribution in [0.3, 0.4) is 0 Å². The molecule has 0 aliphatic carbocycles. The molecule has 4 nitrogen and oxygen atoms in total. The van der Waals surface area contributed by atoms with E-state index in [2.05, 4.69) is 87.5 Å². The Bertz CT molecular complexity index is 973. The Kier molecular flexibility index (Phi) is 4.26. The van der Waals surface area contributed by atoms with Crippen LogP contribution in [0.2, 0.25) is 0 Å². The zero-order chi connectivity index (χ0) is 18.1. The molecule has 27 heavy (non-hydrogen) atoms. The smallest absolute Gasteiger partial charge is 0.110 e. The third-order valence-electron chi connectivity index (χ3n) is 5.63. The number of para-hydroxylation sites is 2. The highest BCUT2D eigenvalue weighted by molar-refractivity contribution is 5.74. The fourth-order valence-corrected chi connectivity index (χ4v) is 4.07. The van der Waals surface area contributed by atoms with E-state index < -0.39 is 0 Å². The lowest BCUT2D eigenvalue weighted by Gasteiger charge is -2.31. The van der Waals surface area contributed by atoms with Crippen LogP contribution < -0.4 is 0 Å². The van der Waals surface area contributed by atoms with E-state index in [-0.39, 0.29) is 0 Å². The Labute approximate surface area is 159 Å². The van der Waals surface area contributed by atoms with Crippen molar-refractivity contribution in [2.24, 2.45) is 0 Å². The topological polar surface area (TPSA) is 36.9 Å². The summed E-state index contributed by atoms with van der Waals surface area (Å²) in [6.07, 6.45) is 6.50. The van der Waals surface area contributed by atoms with Crippen LogP contribution in [0.25, 0.3) is 16.7 Å². The van der Waals surface area contributed by atoms with Crippen LogP contribution in [0.4, 0.5) is 0 Å².